The van der Waals surface area contributed by atoms with Crippen molar-refractivity contribution in [3.8, 4) is 23.0 Å². The highest BCUT2D eigenvalue weighted by molar-refractivity contribution is 6.32. The quantitative estimate of drug-likeness (QED) is 0.712. The molecular formula is C22H22ClNO5. The Bertz CT molecular complexity index is 972. The Hall–Kier alpha value is -2.86. The Balaban J connectivity index is 1.49. The molecule has 0 spiro atoms. The Morgan fingerprint density at radius 1 is 1.07 bits per heavy atom. The van der Waals surface area contributed by atoms with Gasteiger partial charge in [0.25, 0.3) is 0 Å². The van der Waals surface area contributed by atoms with E-state index in [-0.39, 0.29) is 5.91 Å². The number of hydrogen-bond donors (Lipinski definition) is 0. The molecule has 0 unspecified atom stereocenters. The van der Waals surface area contributed by atoms with Crippen LogP contribution in [0.5, 0.6) is 23.0 Å². The van der Waals surface area contributed by atoms with E-state index in [1.54, 1.807) is 32.4 Å². The van der Waals surface area contributed by atoms with Crippen LogP contribution in [-0.2, 0) is 17.8 Å². The van der Waals surface area contributed by atoms with Crippen LogP contribution in [0.4, 0.5) is 0 Å². The van der Waals surface area contributed by atoms with E-state index < -0.39 is 0 Å². The molecule has 0 N–H and O–H groups in total. The number of hydrogen-bond acceptors (Lipinski definition) is 5. The van der Waals surface area contributed by atoms with Crippen LogP contribution < -0.4 is 18.9 Å². The van der Waals surface area contributed by atoms with Crippen LogP contribution in [0.25, 0.3) is 6.08 Å². The lowest BCUT2D eigenvalue weighted by Crippen LogP contribution is -2.34. The average Bonchev–Trinajstić information content (AvgIpc) is 2.76. The number of ether oxygens (including phenoxy) is 4. The Morgan fingerprint density at radius 3 is 2.55 bits per heavy atom. The highest BCUT2D eigenvalue weighted by atomic mass is 35.5. The number of rotatable bonds is 4. The van der Waals surface area contributed by atoms with Gasteiger partial charge in [-0.15, -0.1) is 0 Å². The van der Waals surface area contributed by atoms with Gasteiger partial charge in [-0.3, -0.25) is 4.79 Å². The van der Waals surface area contributed by atoms with E-state index in [2.05, 4.69) is 0 Å². The van der Waals surface area contributed by atoms with E-state index in [0.717, 1.165) is 17.5 Å². The maximum absolute atomic E-state index is 12.7. The van der Waals surface area contributed by atoms with Crippen molar-refractivity contribution in [1.82, 2.24) is 4.90 Å². The number of carbonyl (C=O) groups excluding carboxylic acids is 1. The molecule has 152 valence electrons. The van der Waals surface area contributed by atoms with Crippen LogP contribution in [0.2, 0.25) is 5.02 Å². The van der Waals surface area contributed by atoms with Crippen molar-refractivity contribution in [2.75, 3.05) is 34.0 Å². The Morgan fingerprint density at radius 2 is 1.79 bits per heavy atom. The van der Waals surface area contributed by atoms with Crippen molar-refractivity contribution < 1.29 is 23.7 Å². The van der Waals surface area contributed by atoms with E-state index in [4.69, 9.17) is 30.5 Å². The lowest BCUT2D eigenvalue weighted by Gasteiger charge is -2.28. The second-order valence-corrected chi connectivity index (χ2v) is 7.25. The molecule has 0 aromatic heterocycles. The first-order valence-electron chi connectivity index (χ1n) is 9.39. The third-order valence-corrected chi connectivity index (χ3v) is 5.35. The second-order valence-electron chi connectivity index (χ2n) is 6.85. The molecule has 2 aromatic rings. The number of carbonyl (C=O) groups is 1. The summed E-state index contributed by atoms with van der Waals surface area (Å²) in [5.41, 5.74) is 3.03. The fourth-order valence-electron chi connectivity index (χ4n) is 3.57. The van der Waals surface area contributed by atoms with Crippen LogP contribution in [0, 0.1) is 0 Å². The summed E-state index contributed by atoms with van der Waals surface area (Å²) in [6.07, 6.45) is 4.08. The molecule has 7 heteroatoms. The number of benzene rings is 2. The highest BCUT2D eigenvalue weighted by Gasteiger charge is 2.22. The average molecular weight is 416 g/mol. The lowest BCUT2D eigenvalue weighted by molar-refractivity contribution is -0.126. The number of fused-ring (bicyclic) bond motifs is 2. The standard InChI is InChI=1S/C22H22ClNO5/c1-26-18-11-15-5-6-24(13-16(15)12-19(18)27-2)21(25)4-3-14-9-17(23)22-20(10-14)28-7-8-29-22/h3-4,9-12H,5-8,13H2,1-2H3/b4-3+. The molecule has 0 saturated carbocycles. The van der Waals surface area contributed by atoms with Gasteiger partial charge in [0.05, 0.1) is 19.2 Å². The van der Waals surface area contributed by atoms with Gasteiger partial charge < -0.3 is 23.8 Å². The summed E-state index contributed by atoms with van der Waals surface area (Å²) in [6, 6.07) is 7.52. The first-order valence-corrected chi connectivity index (χ1v) is 9.76. The van der Waals surface area contributed by atoms with E-state index in [0.29, 0.717) is 54.3 Å². The molecule has 0 fully saturated rings. The maximum Gasteiger partial charge on any atom is 0.246 e. The SMILES string of the molecule is COc1cc2c(cc1OC)CN(C(=O)/C=C/c1cc(Cl)c3c(c1)OCCO3)CC2. The number of amides is 1. The van der Waals surface area contributed by atoms with Crippen molar-refractivity contribution in [2.24, 2.45) is 0 Å². The molecule has 4 rings (SSSR count). The van der Waals surface area contributed by atoms with E-state index in [9.17, 15) is 4.79 Å². The van der Waals surface area contributed by atoms with Crippen molar-refractivity contribution in [2.45, 2.75) is 13.0 Å². The van der Waals surface area contributed by atoms with Gasteiger partial charge in [-0.1, -0.05) is 11.6 Å². The fourth-order valence-corrected chi connectivity index (χ4v) is 3.84. The van der Waals surface area contributed by atoms with Gasteiger partial charge >= 0.3 is 0 Å². The molecule has 2 aliphatic rings. The largest absolute Gasteiger partial charge is 0.493 e. The molecule has 2 aliphatic heterocycles. The van der Waals surface area contributed by atoms with Gasteiger partial charge in [0.1, 0.15) is 13.2 Å². The van der Waals surface area contributed by atoms with Crippen LogP contribution in [-0.4, -0.2) is 44.8 Å². The van der Waals surface area contributed by atoms with Crippen LogP contribution in [0.1, 0.15) is 16.7 Å². The molecule has 0 saturated heterocycles. The minimum absolute atomic E-state index is 0.0588. The smallest absolute Gasteiger partial charge is 0.246 e. The van der Waals surface area contributed by atoms with Gasteiger partial charge in [-0.25, -0.2) is 0 Å². The summed E-state index contributed by atoms with van der Waals surface area (Å²) >= 11 is 6.26. The lowest BCUT2D eigenvalue weighted by atomic mass is 9.98. The Labute approximate surface area is 174 Å². The predicted molar refractivity (Wildman–Crippen MR) is 110 cm³/mol. The molecule has 0 atom stereocenters. The third-order valence-electron chi connectivity index (χ3n) is 5.07. The van der Waals surface area contributed by atoms with Gasteiger partial charge in [0, 0.05) is 19.2 Å². The van der Waals surface area contributed by atoms with Crippen molar-refractivity contribution >= 4 is 23.6 Å². The zero-order valence-electron chi connectivity index (χ0n) is 16.4. The molecule has 2 heterocycles. The van der Waals surface area contributed by atoms with Crippen LogP contribution in [0.15, 0.2) is 30.3 Å². The highest BCUT2D eigenvalue weighted by Crippen LogP contribution is 2.38. The summed E-state index contributed by atoms with van der Waals surface area (Å²) in [6.45, 7) is 2.14. The van der Waals surface area contributed by atoms with Crippen molar-refractivity contribution in [1.29, 1.82) is 0 Å². The summed E-state index contributed by atoms with van der Waals surface area (Å²) in [7, 11) is 3.23. The normalized spacial score (nSPS) is 15.2. The summed E-state index contributed by atoms with van der Waals surface area (Å²) < 4.78 is 21.9. The summed E-state index contributed by atoms with van der Waals surface area (Å²) in [5, 5.41) is 0.474. The molecule has 0 radical (unpaired) electrons. The molecule has 6 nitrogen and oxygen atoms in total. The van der Waals surface area contributed by atoms with E-state index >= 15 is 0 Å². The molecular weight excluding hydrogens is 394 g/mol. The molecule has 29 heavy (non-hydrogen) atoms. The minimum Gasteiger partial charge on any atom is -0.493 e. The molecule has 1 amide bonds. The van der Waals surface area contributed by atoms with E-state index in [1.165, 1.54) is 5.56 Å². The molecule has 2 aromatic carbocycles. The maximum atomic E-state index is 12.7. The Kier molecular flexibility index (Phi) is 5.53. The van der Waals surface area contributed by atoms with Crippen LogP contribution in [0.3, 0.4) is 0 Å². The first kappa shape index (κ1) is 19.5. The summed E-state index contributed by atoms with van der Waals surface area (Å²) in [5.74, 6) is 2.47. The van der Waals surface area contributed by atoms with Gasteiger partial charge in [-0.05, 0) is 53.5 Å². The van der Waals surface area contributed by atoms with Crippen LogP contribution >= 0.6 is 11.6 Å². The molecule has 0 bridgehead atoms. The van der Waals surface area contributed by atoms with Gasteiger partial charge in [0.15, 0.2) is 23.0 Å². The number of methoxy groups -OCH3 is 2. The zero-order chi connectivity index (χ0) is 20.4. The van der Waals surface area contributed by atoms with Gasteiger partial charge in [0.2, 0.25) is 5.91 Å². The monoisotopic (exact) mass is 415 g/mol. The minimum atomic E-state index is -0.0588. The predicted octanol–water partition coefficient (Wildman–Crippen LogP) is 3.73. The van der Waals surface area contributed by atoms with Gasteiger partial charge in [-0.2, -0.15) is 0 Å². The van der Waals surface area contributed by atoms with Crippen molar-refractivity contribution in [3.63, 3.8) is 0 Å². The second kappa shape index (κ2) is 8.25. The molecule has 0 aliphatic carbocycles. The number of nitrogens with zero attached hydrogens (tertiary/aromatic N) is 1. The number of halogens is 1. The third kappa shape index (κ3) is 3.98. The van der Waals surface area contributed by atoms with Crippen molar-refractivity contribution in [3.05, 3.63) is 52.1 Å². The topological polar surface area (TPSA) is 57.2 Å². The zero-order valence-corrected chi connectivity index (χ0v) is 17.1. The first-order chi connectivity index (χ1) is 14.1. The van der Waals surface area contributed by atoms with E-state index in [1.807, 2.05) is 23.1 Å². The fraction of sp³-hybridized carbons (Fsp3) is 0.318. The summed E-state index contributed by atoms with van der Waals surface area (Å²) in [4.78, 5) is 14.5.